The lowest BCUT2D eigenvalue weighted by Crippen LogP contribution is -2.39. The monoisotopic (exact) mass is 412 g/mol. The van der Waals surface area contributed by atoms with Crippen LogP contribution < -0.4 is 10.6 Å². The van der Waals surface area contributed by atoms with Crippen molar-refractivity contribution in [1.29, 1.82) is 0 Å². The molecule has 1 aliphatic heterocycles. The first kappa shape index (κ1) is 20.0. The van der Waals surface area contributed by atoms with E-state index in [0.29, 0.717) is 11.6 Å². The summed E-state index contributed by atoms with van der Waals surface area (Å²) in [6.45, 7) is 4.35. The normalized spacial score (nSPS) is 17.1. The molecule has 2 aliphatic rings. The van der Waals surface area contributed by atoms with Gasteiger partial charge < -0.3 is 15.5 Å². The number of amides is 2. The number of hydrogen-bond donors (Lipinski definition) is 2. The molecule has 0 atom stereocenters. The molecule has 2 amide bonds. The van der Waals surface area contributed by atoms with Gasteiger partial charge in [-0.2, -0.15) is 0 Å². The highest BCUT2D eigenvalue weighted by atomic mass is 32.1. The van der Waals surface area contributed by atoms with Gasteiger partial charge in [0.05, 0.1) is 5.69 Å². The average Bonchev–Trinajstić information content (AvgIpc) is 3.35. The van der Waals surface area contributed by atoms with E-state index >= 15 is 0 Å². The maximum atomic E-state index is 12.4. The van der Waals surface area contributed by atoms with Crippen molar-refractivity contribution >= 4 is 34.0 Å². The molecular weight excluding hydrogens is 384 g/mol. The molecular formula is C22H28N4O2S. The second-order valence-corrected chi connectivity index (χ2v) is 8.89. The lowest BCUT2D eigenvalue weighted by molar-refractivity contribution is -0.121. The quantitative estimate of drug-likeness (QED) is 0.760. The van der Waals surface area contributed by atoms with Gasteiger partial charge in [-0.05, 0) is 75.4 Å². The Bertz CT molecular complexity index is 887. The van der Waals surface area contributed by atoms with Crippen LogP contribution in [0.25, 0.3) is 0 Å². The van der Waals surface area contributed by atoms with Crippen molar-refractivity contribution in [1.82, 2.24) is 9.88 Å². The number of piperidine rings is 1. The van der Waals surface area contributed by atoms with Gasteiger partial charge in [-0.3, -0.25) is 9.59 Å². The summed E-state index contributed by atoms with van der Waals surface area (Å²) in [5.41, 5.74) is 4.62. The number of nitrogens with one attached hydrogen (secondary N) is 2. The van der Waals surface area contributed by atoms with E-state index < -0.39 is 0 Å². The zero-order chi connectivity index (χ0) is 20.2. The van der Waals surface area contributed by atoms with E-state index in [1.54, 1.807) is 0 Å². The Hall–Kier alpha value is -2.25. The Labute approximate surface area is 175 Å². The van der Waals surface area contributed by atoms with E-state index in [-0.39, 0.29) is 17.7 Å². The van der Waals surface area contributed by atoms with Gasteiger partial charge in [0.15, 0.2) is 5.13 Å². The van der Waals surface area contributed by atoms with Crippen LogP contribution >= 0.6 is 11.3 Å². The maximum Gasteiger partial charge on any atom is 0.229 e. The summed E-state index contributed by atoms with van der Waals surface area (Å²) in [7, 11) is 0. The largest absolute Gasteiger partial charge is 0.326 e. The Morgan fingerprint density at radius 3 is 2.72 bits per heavy atom. The summed E-state index contributed by atoms with van der Waals surface area (Å²) in [5, 5.41) is 8.58. The van der Waals surface area contributed by atoms with E-state index in [9.17, 15) is 9.59 Å². The third-order valence-corrected chi connectivity index (χ3v) is 6.72. The lowest BCUT2D eigenvalue weighted by Gasteiger charge is -2.30. The van der Waals surface area contributed by atoms with Gasteiger partial charge in [0.25, 0.3) is 0 Å². The van der Waals surface area contributed by atoms with Crippen LogP contribution in [0, 0.1) is 12.8 Å². The van der Waals surface area contributed by atoms with E-state index in [4.69, 9.17) is 0 Å². The highest BCUT2D eigenvalue weighted by molar-refractivity contribution is 7.13. The van der Waals surface area contributed by atoms with Crippen LogP contribution in [0.4, 0.5) is 10.8 Å². The van der Waals surface area contributed by atoms with Gasteiger partial charge in [-0.15, -0.1) is 11.3 Å². The Morgan fingerprint density at radius 2 is 1.97 bits per heavy atom. The molecule has 2 heterocycles. The summed E-state index contributed by atoms with van der Waals surface area (Å²) in [6, 6.07) is 6.27. The first-order valence-electron chi connectivity index (χ1n) is 10.4. The summed E-state index contributed by atoms with van der Waals surface area (Å²) >= 11 is 1.46. The summed E-state index contributed by atoms with van der Waals surface area (Å²) in [5.74, 6) is 0.144. The molecule has 1 aliphatic carbocycles. The van der Waals surface area contributed by atoms with E-state index in [2.05, 4.69) is 32.7 Å². The lowest BCUT2D eigenvalue weighted by atomic mass is 9.96. The van der Waals surface area contributed by atoms with Crippen LogP contribution in [0.15, 0.2) is 23.6 Å². The van der Waals surface area contributed by atoms with Crippen molar-refractivity contribution in [2.75, 3.05) is 30.3 Å². The molecule has 0 bridgehead atoms. The number of aryl methyl sites for hydroxylation is 3. The molecule has 29 heavy (non-hydrogen) atoms. The van der Waals surface area contributed by atoms with Crippen LogP contribution in [-0.4, -0.2) is 41.3 Å². The number of likely N-dealkylation sites (tertiary alicyclic amines) is 1. The van der Waals surface area contributed by atoms with Gasteiger partial charge in [0, 0.05) is 30.0 Å². The third kappa shape index (κ3) is 5.22. The summed E-state index contributed by atoms with van der Waals surface area (Å²) < 4.78 is 0. The maximum absolute atomic E-state index is 12.4. The molecule has 7 heteroatoms. The molecule has 2 aromatic rings. The van der Waals surface area contributed by atoms with Crippen LogP contribution in [0.3, 0.4) is 0 Å². The highest BCUT2D eigenvalue weighted by Crippen LogP contribution is 2.25. The smallest absolute Gasteiger partial charge is 0.229 e. The Balaban J connectivity index is 1.18. The molecule has 4 rings (SSSR count). The van der Waals surface area contributed by atoms with Crippen LogP contribution in [0.5, 0.6) is 0 Å². The highest BCUT2D eigenvalue weighted by Gasteiger charge is 2.25. The van der Waals surface area contributed by atoms with E-state index in [1.807, 2.05) is 18.4 Å². The number of carbonyl (C=O) groups is 2. The molecule has 6 nitrogen and oxygen atoms in total. The minimum absolute atomic E-state index is 0.0238. The number of hydrogen-bond acceptors (Lipinski definition) is 5. The number of rotatable bonds is 6. The van der Waals surface area contributed by atoms with Gasteiger partial charge in [0.2, 0.25) is 11.8 Å². The van der Waals surface area contributed by atoms with E-state index in [1.165, 1.54) is 28.9 Å². The predicted molar refractivity (Wildman–Crippen MR) is 116 cm³/mol. The minimum Gasteiger partial charge on any atom is -0.326 e. The first-order chi connectivity index (χ1) is 14.1. The molecule has 1 saturated heterocycles. The van der Waals surface area contributed by atoms with Crippen molar-refractivity contribution in [2.24, 2.45) is 5.92 Å². The van der Waals surface area contributed by atoms with Gasteiger partial charge in [-0.25, -0.2) is 4.98 Å². The van der Waals surface area contributed by atoms with Crippen molar-refractivity contribution in [3.8, 4) is 0 Å². The average molecular weight is 413 g/mol. The molecule has 1 aromatic heterocycles. The fourth-order valence-corrected chi connectivity index (χ4v) is 4.86. The van der Waals surface area contributed by atoms with Crippen molar-refractivity contribution in [2.45, 2.75) is 45.4 Å². The number of anilines is 2. The fourth-order valence-electron chi connectivity index (χ4n) is 4.17. The number of thiazole rings is 1. The second-order valence-electron chi connectivity index (χ2n) is 8.03. The molecule has 0 spiro atoms. The number of aromatic nitrogens is 1. The molecule has 0 unspecified atom stereocenters. The zero-order valence-corrected chi connectivity index (χ0v) is 17.7. The number of nitrogens with zero attached hydrogens (tertiary/aromatic N) is 2. The zero-order valence-electron chi connectivity index (χ0n) is 16.9. The SMILES string of the molecule is Cc1csc(NC(=O)C2CCN(CCC(=O)Nc3ccc4c(c3)CCC4)CC2)n1. The first-order valence-corrected chi connectivity index (χ1v) is 11.3. The van der Waals surface area contributed by atoms with E-state index in [0.717, 1.165) is 56.7 Å². The van der Waals surface area contributed by atoms with Gasteiger partial charge in [-0.1, -0.05) is 6.07 Å². The van der Waals surface area contributed by atoms with Gasteiger partial charge >= 0.3 is 0 Å². The van der Waals surface area contributed by atoms with Crippen LogP contribution in [0.2, 0.25) is 0 Å². The number of benzene rings is 1. The Morgan fingerprint density at radius 1 is 1.17 bits per heavy atom. The molecule has 2 N–H and O–H groups in total. The van der Waals surface area contributed by atoms with Crippen molar-refractivity contribution in [3.05, 3.63) is 40.4 Å². The van der Waals surface area contributed by atoms with Crippen LogP contribution in [-0.2, 0) is 22.4 Å². The Kier molecular flexibility index (Phi) is 6.25. The minimum atomic E-state index is 0.0238. The molecule has 154 valence electrons. The summed E-state index contributed by atoms with van der Waals surface area (Å²) in [4.78, 5) is 31.3. The molecule has 1 aromatic carbocycles. The second kappa shape index (κ2) is 9.05. The predicted octanol–water partition coefficient (Wildman–Crippen LogP) is 3.62. The van der Waals surface area contributed by atoms with Crippen molar-refractivity contribution < 1.29 is 9.59 Å². The topological polar surface area (TPSA) is 74.3 Å². The molecule has 1 fully saturated rings. The standard InChI is InChI=1S/C22H28N4O2S/c1-15-14-29-22(23-15)25-21(28)17-7-10-26(11-8-17)12-9-20(27)24-19-6-5-16-3-2-4-18(16)13-19/h5-6,13-14,17H,2-4,7-12H2,1H3,(H,24,27)(H,23,25,28). The third-order valence-electron chi connectivity index (χ3n) is 5.84. The van der Waals surface area contributed by atoms with Gasteiger partial charge in [0.1, 0.15) is 0 Å². The van der Waals surface area contributed by atoms with Crippen molar-refractivity contribution in [3.63, 3.8) is 0 Å². The summed E-state index contributed by atoms with van der Waals surface area (Å²) in [6.07, 6.45) is 5.60. The fraction of sp³-hybridized carbons (Fsp3) is 0.500. The molecule has 0 radical (unpaired) electrons. The molecule has 0 saturated carbocycles. The number of fused-ring (bicyclic) bond motifs is 1. The van der Waals surface area contributed by atoms with Crippen LogP contribution in [0.1, 0.15) is 42.5 Å². The number of carbonyl (C=O) groups excluding carboxylic acids is 2.